The van der Waals surface area contributed by atoms with E-state index in [4.69, 9.17) is 4.74 Å². The van der Waals surface area contributed by atoms with Crippen LogP contribution in [0.1, 0.15) is 13.8 Å². The first-order chi connectivity index (χ1) is 15.6. The van der Waals surface area contributed by atoms with Gasteiger partial charge in [-0.25, -0.2) is 0 Å². The maximum atomic E-state index is 5.91. The van der Waals surface area contributed by atoms with E-state index < -0.39 is 0 Å². The molecule has 2 atom stereocenters. The smallest absolute Gasteiger partial charge is 0.127 e. The summed E-state index contributed by atoms with van der Waals surface area (Å²) in [5, 5.41) is 4.83. The van der Waals surface area contributed by atoms with Crippen LogP contribution in [-0.4, -0.2) is 30.2 Å². The number of piperazine rings is 1. The fourth-order valence-electron chi connectivity index (χ4n) is 4.31. The van der Waals surface area contributed by atoms with E-state index in [9.17, 15) is 0 Å². The Hall–Kier alpha value is -3.02. The predicted octanol–water partition coefficient (Wildman–Crippen LogP) is 6.36. The van der Waals surface area contributed by atoms with Gasteiger partial charge in [0.2, 0.25) is 0 Å². The van der Waals surface area contributed by atoms with Gasteiger partial charge in [0.05, 0.1) is 5.52 Å². The van der Waals surface area contributed by atoms with Crippen molar-refractivity contribution in [2.75, 3.05) is 18.0 Å². The third kappa shape index (κ3) is 4.74. The lowest BCUT2D eigenvalue weighted by Gasteiger charge is -2.38. The number of benzene rings is 3. The van der Waals surface area contributed by atoms with Crippen LogP contribution in [0.2, 0.25) is 0 Å². The van der Waals surface area contributed by atoms with Crippen molar-refractivity contribution in [3.05, 3.63) is 85.1 Å². The highest BCUT2D eigenvalue weighted by atomic mass is 32.2. The Kier molecular flexibility index (Phi) is 6.02. The predicted molar refractivity (Wildman–Crippen MR) is 133 cm³/mol. The number of anilines is 1. The summed E-state index contributed by atoms with van der Waals surface area (Å²) in [4.78, 5) is 9.48. The molecule has 0 saturated carbocycles. The minimum absolute atomic E-state index is 0.469. The Morgan fingerprint density at radius 2 is 1.53 bits per heavy atom. The maximum absolute atomic E-state index is 5.91. The number of pyridine rings is 1. The lowest BCUT2D eigenvalue weighted by molar-refractivity contribution is 0.407. The zero-order valence-corrected chi connectivity index (χ0v) is 19.2. The summed E-state index contributed by atoms with van der Waals surface area (Å²) in [5.74, 6) is 1.69. The van der Waals surface area contributed by atoms with Gasteiger partial charge in [-0.3, -0.25) is 4.98 Å². The molecular weight excluding hydrogens is 414 g/mol. The fourth-order valence-corrected chi connectivity index (χ4v) is 5.17. The molecule has 4 aromatic rings. The molecule has 1 N–H and O–H groups in total. The Bertz CT molecular complexity index is 1190. The van der Waals surface area contributed by atoms with Crippen LogP contribution in [0, 0.1) is 0 Å². The van der Waals surface area contributed by atoms with E-state index in [0.717, 1.165) is 30.1 Å². The number of para-hydroxylation sites is 1. The molecule has 2 heterocycles. The number of hydrogen-bond acceptors (Lipinski definition) is 5. The van der Waals surface area contributed by atoms with Gasteiger partial charge in [0.1, 0.15) is 11.5 Å². The van der Waals surface area contributed by atoms with Crippen molar-refractivity contribution in [3.8, 4) is 11.5 Å². The number of nitrogens with zero attached hydrogens (tertiary/aromatic N) is 2. The molecule has 0 aliphatic carbocycles. The van der Waals surface area contributed by atoms with Crippen LogP contribution >= 0.6 is 11.8 Å². The van der Waals surface area contributed by atoms with Crippen LogP contribution in [0.3, 0.4) is 0 Å². The van der Waals surface area contributed by atoms with Crippen molar-refractivity contribution in [1.29, 1.82) is 0 Å². The third-order valence-corrected chi connectivity index (χ3v) is 6.62. The molecule has 162 valence electrons. The molecular formula is C27H27N3OS. The Morgan fingerprint density at radius 3 is 2.28 bits per heavy atom. The highest BCUT2D eigenvalue weighted by Gasteiger charge is 2.22. The molecule has 1 fully saturated rings. The Labute approximate surface area is 193 Å². The van der Waals surface area contributed by atoms with Gasteiger partial charge in [-0.05, 0) is 74.5 Å². The summed E-state index contributed by atoms with van der Waals surface area (Å²) in [7, 11) is 0. The van der Waals surface area contributed by atoms with Crippen molar-refractivity contribution in [2.24, 2.45) is 0 Å². The second-order valence-electron chi connectivity index (χ2n) is 8.37. The van der Waals surface area contributed by atoms with E-state index in [0.29, 0.717) is 12.1 Å². The van der Waals surface area contributed by atoms with Crippen LogP contribution in [0.25, 0.3) is 10.9 Å². The van der Waals surface area contributed by atoms with Crippen molar-refractivity contribution in [3.63, 3.8) is 0 Å². The van der Waals surface area contributed by atoms with Crippen LogP contribution in [0.15, 0.2) is 94.9 Å². The van der Waals surface area contributed by atoms with Crippen molar-refractivity contribution in [2.45, 2.75) is 35.7 Å². The second-order valence-corrected chi connectivity index (χ2v) is 9.52. The van der Waals surface area contributed by atoms with E-state index in [-0.39, 0.29) is 0 Å². The molecule has 5 rings (SSSR count). The number of nitrogens with one attached hydrogen (secondary N) is 1. The molecule has 32 heavy (non-hydrogen) atoms. The molecule has 0 amide bonds. The molecule has 1 aromatic heterocycles. The minimum atomic E-state index is 0.469. The van der Waals surface area contributed by atoms with Crippen LogP contribution in [0.4, 0.5) is 5.69 Å². The average Bonchev–Trinajstić information content (AvgIpc) is 2.80. The zero-order chi connectivity index (χ0) is 21.9. The molecule has 3 aromatic carbocycles. The molecule has 4 nitrogen and oxygen atoms in total. The SMILES string of the molecule is C[C@@H]1CN(c2ccnc3ccc(Sc4ccc(Oc5ccccc5)cc4)cc23)C[C@H](C)N1. The lowest BCUT2D eigenvalue weighted by atomic mass is 10.1. The lowest BCUT2D eigenvalue weighted by Crippen LogP contribution is -2.54. The Morgan fingerprint density at radius 1 is 0.844 bits per heavy atom. The van der Waals surface area contributed by atoms with Crippen LogP contribution in [0.5, 0.6) is 11.5 Å². The van der Waals surface area contributed by atoms with E-state index in [1.807, 2.05) is 48.7 Å². The van der Waals surface area contributed by atoms with Crippen LogP contribution in [-0.2, 0) is 0 Å². The number of ether oxygens (including phenoxy) is 1. The molecule has 1 saturated heterocycles. The molecule has 1 aliphatic heterocycles. The molecule has 1 aliphatic rings. The van der Waals surface area contributed by atoms with E-state index in [2.05, 4.69) is 65.4 Å². The standard InChI is InChI=1S/C27H27N3OS/c1-19-17-30(18-20(2)29-19)27-14-15-28-26-13-12-24(16-25(26)27)32-23-10-8-22(9-11-23)31-21-6-4-3-5-7-21/h3-16,19-20,29H,17-18H2,1-2H3/t19-,20+. The fraction of sp³-hybridized carbons (Fsp3) is 0.222. The largest absolute Gasteiger partial charge is 0.457 e. The first kappa shape index (κ1) is 20.9. The first-order valence-corrected chi connectivity index (χ1v) is 11.9. The van der Waals surface area contributed by atoms with E-state index in [1.54, 1.807) is 11.8 Å². The number of aromatic nitrogens is 1. The average molecular weight is 442 g/mol. The molecule has 0 radical (unpaired) electrons. The van der Waals surface area contributed by atoms with Gasteiger partial charge in [0.25, 0.3) is 0 Å². The summed E-state index contributed by atoms with van der Waals surface area (Å²) in [5.41, 5.74) is 2.31. The quantitative estimate of drug-likeness (QED) is 0.390. The number of rotatable bonds is 5. The molecule has 5 heteroatoms. The van der Waals surface area contributed by atoms with Crippen LogP contribution < -0.4 is 15.0 Å². The van der Waals surface area contributed by atoms with Crippen molar-refractivity contribution < 1.29 is 4.74 Å². The van der Waals surface area contributed by atoms with Gasteiger partial charge < -0.3 is 15.0 Å². The Balaban J connectivity index is 1.37. The first-order valence-electron chi connectivity index (χ1n) is 11.0. The van der Waals surface area contributed by atoms with Gasteiger partial charge in [-0.15, -0.1) is 0 Å². The molecule has 0 bridgehead atoms. The third-order valence-electron chi connectivity index (χ3n) is 5.63. The highest BCUT2D eigenvalue weighted by molar-refractivity contribution is 7.99. The minimum Gasteiger partial charge on any atom is -0.457 e. The monoisotopic (exact) mass is 441 g/mol. The van der Waals surface area contributed by atoms with Gasteiger partial charge >= 0.3 is 0 Å². The summed E-state index contributed by atoms with van der Waals surface area (Å²) < 4.78 is 5.91. The summed E-state index contributed by atoms with van der Waals surface area (Å²) in [6.45, 7) is 6.50. The number of hydrogen-bond donors (Lipinski definition) is 1. The van der Waals surface area contributed by atoms with Crippen molar-refractivity contribution in [1.82, 2.24) is 10.3 Å². The van der Waals surface area contributed by atoms with E-state index in [1.165, 1.54) is 20.9 Å². The number of fused-ring (bicyclic) bond motifs is 1. The topological polar surface area (TPSA) is 37.4 Å². The van der Waals surface area contributed by atoms with Crippen molar-refractivity contribution >= 4 is 28.4 Å². The maximum Gasteiger partial charge on any atom is 0.127 e. The van der Waals surface area contributed by atoms with Gasteiger partial charge in [-0.2, -0.15) is 0 Å². The molecule has 0 spiro atoms. The van der Waals surface area contributed by atoms with Gasteiger partial charge in [-0.1, -0.05) is 30.0 Å². The van der Waals surface area contributed by atoms with Gasteiger partial charge in [0, 0.05) is 52.2 Å². The van der Waals surface area contributed by atoms with E-state index >= 15 is 0 Å². The zero-order valence-electron chi connectivity index (χ0n) is 18.4. The summed E-state index contributed by atoms with van der Waals surface area (Å²) >= 11 is 1.76. The summed E-state index contributed by atoms with van der Waals surface area (Å²) in [6.07, 6.45) is 1.92. The molecule has 0 unspecified atom stereocenters. The normalized spacial score (nSPS) is 18.6. The second kappa shape index (κ2) is 9.23. The summed E-state index contributed by atoms with van der Waals surface area (Å²) in [6, 6.07) is 27.8. The van der Waals surface area contributed by atoms with Gasteiger partial charge in [0.15, 0.2) is 0 Å². The highest BCUT2D eigenvalue weighted by Crippen LogP contribution is 2.35.